The molecule has 18 heavy (non-hydrogen) atoms. The zero-order valence-corrected chi connectivity index (χ0v) is 10.9. The van der Waals surface area contributed by atoms with Crippen LogP contribution in [0.3, 0.4) is 0 Å². The van der Waals surface area contributed by atoms with Gasteiger partial charge in [-0.3, -0.25) is 4.99 Å². The molecule has 0 atom stereocenters. The summed E-state index contributed by atoms with van der Waals surface area (Å²) in [6.45, 7) is 1.72. The number of nitrogens with zero attached hydrogens (tertiary/aromatic N) is 1. The van der Waals surface area contributed by atoms with Crippen LogP contribution in [-0.4, -0.2) is 19.0 Å². The highest BCUT2D eigenvalue weighted by Gasteiger charge is 2.16. The zero-order chi connectivity index (χ0) is 12.6. The van der Waals surface area contributed by atoms with Gasteiger partial charge >= 0.3 is 0 Å². The van der Waals surface area contributed by atoms with Gasteiger partial charge in [0.25, 0.3) is 0 Å². The fraction of sp³-hybridized carbons (Fsp3) is 0.533. The first-order valence-corrected chi connectivity index (χ1v) is 6.92. The molecule has 0 unspecified atom stereocenters. The molecule has 0 aromatic heterocycles. The highest BCUT2D eigenvalue weighted by Crippen LogP contribution is 2.28. The van der Waals surface area contributed by atoms with Gasteiger partial charge in [0, 0.05) is 13.1 Å². The van der Waals surface area contributed by atoms with Gasteiger partial charge in [-0.2, -0.15) is 0 Å². The van der Waals surface area contributed by atoms with E-state index in [4.69, 9.17) is 5.73 Å². The van der Waals surface area contributed by atoms with E-state index in [9.17, 15) is 0 Å². The molecule has 98 valence electrons. The number of nitrogens with two attached hydrogens (primary N) is 1. The van der Waals surface area contributed by atoms with Crippen molar-refractivity contribution in [1.29, 1.82) is 0 Å². The maximum Gasteiger partial charge on any atom is 0.188 e. The number of benzene rings is 1. The van der Waals surface area contributed by atoms with E-state index in [0.717, 1.165) is 25.4 Å². The van der Waals surface area contributed by atoms with Crippen molar-refractivity contribution in [2.24, 2.45) is 16.6 Å². The molecule has 3 heteroatoms. The average molecular weight is 245 g/mol. The van der Waals surface area contributed by atoms with Gasteiger partial charge in [0.2, 0.25) is 0 Å². The average Bonchev–Trinajstić information content (AvgIpc) is 2.34. The molecular formula is C15H23N3. The number of nitrogens with one attached hydrogen (secondary N) is 1. The van der Waals surface area contributed by atoms with E-state index in [0.29, 0.717) is 5.96 Å². The van der Waals surface area contributed by atoms with Crippen LogP contribution in [-0.2, 0) is 6.42 Å². The van der Waals surface area contributed by atoms with Gasteiger partial charge < -0.3 is 11.1 Å². The fourth-order valence-electron chi connectivity index (χ4n) is 2.18. The first-order chi connectivity index (χ1) is 8.84. The Labute approximate surface area is 109 Å². The molecule has 3 nitrogen and oxygen atoms in total. The molecule has 0 radical (unpaired) electrons. The van der Waals surface area contributed by atoms with Crippen molar-refractivity contribution < 1.29 is 0 Å². The van der Waals surface area contributed by atoms with Crippen molar-refractivity contribution >= 4 is 5.96 Å². The van der Waals surface area contributed by atoms with Crippen molar-refractivity contribution in [1.82, 2.24) is 5.32 Å². The van der Waals surface area contributed by atoms with Crippen LogP contribution in [0.25, 0.3) is 0 Å². The lowest BCUT2D eigenvalue weighted by molar-refractivity contribution is 0.300. The zero-order valence-electron chi connectivity index (χ0n) is 10.9. The van der Waals surface area contributed by atoms with Gasteiger partial charge in [-0.15, -0.1) is 0 Å². The van der Waals surface area contributed by atoms with Crippen molar-refractivity contribution in [3.63, 3.8) is 0 Å². The lowest BCUT2D eigenvalue weighted by Gasteiger charge is -2.24. The van der Waals surface area contributed by atoms with Gasteiger partial charge in [0.05, 0.1) is 0 Å². The van der Waals surface area contributed by atoms with Gasteiger partial charge in [0.15, 0.2) is 5.96 Å². The van der Waals surface area contributed by atoms with Crippen LogP contribution in [0.5, 0.6) is 0 Å². The largest absolute Gasteiger partial charge is 0.370 e. The summed E-state index contributed by atoms with van der Waals surface area (Å²) in [6.07, 6.45) is 6.35. The molecule has 1 fully saturated rings. The third-order valence-electron chi connectivity index (χ3n) is 3.61. The smallest absolute Gasteiger partial charge is 0.188 e. The standard InChI is InChI=1S/C15H23N3/c16-15(18-12-10-14-7-4-8-14)17-11-9-13-5-2-1-3-6-13/h1-3,5-6,14H,4,7-12H2,(H3,16,17,18). The Balaban J connectivity index is 1.58. The van der Waals surface area contributed by atoms with E-state index >= 15 is 0 Å². The molecule has 1 aliphatic rings. The summed E-state index contributed by atoms with van der Waals surface area (Å²) in [5.41, 5.74) is 7.15. The molecule has 2 rings (SSSR count). The summed E-state index contributed by atoms with van der Waals surface area (Å²) in [5, 5.41) is 3.17. The minimum atomic E-state index is 0.588. The molecule has 0 amide bonds. The summed E-state index contributed by atoms with van der Waals surface area (Å²) in [5.74, 6) is 1.50. The second-order valence-electron chi connectivity index (χ2n) is 5.01. The van der Waals surface area contributed by atoms with Crippen LogP contribution in [0.15, 0.2) is 35.3 Å². The van der Waals surface area contributed by atoms with Crippen molar-refractivity contribution in [2.45, 2.75) is 32.1 Å². The molecule has 3 N–H and O–H groups in total. The number of aliphatic imine (C=N–C) groups is 1. The Hall–Kier alpha value is -1.51. The molecule has 0 spiro atoms. The minimum Gasteiger partial charge on any atom is -0.370 e. The molecule has 1 aromatic carbocycles. The third-order valence-corrected chi connectivity index (χ3v) is 3.61. The van der Waals surface area contributed by atoms with Crippen LogP contribution in [0.2, 0.25) is 0 Å². The molecule has 1 aliphatic carbocycles. The van der Waals surface area contributed by atoms with E-state index in [-0.39, 0.29) is 0 Å². The topological polar surface area (TPSA) is 50.4 Å². The first kappa shape index (κ1) is 12.9. The SMILES string of the molecule is NC(=NCCC1CCC1)NCCc1ccccc1. The van der Waals surface area contributed by atoms with E-state index in [2.05, 4.69) is 34.6 Å². The molecule has 1 aromatic rings. The summed E-state index contributed by atoms with van der Waals surface area (Å²) in [6, 6.07) is 10.4. The Morgan fingerprint density at radius 3 is 2.72 bits per heavy atom. The maximum atomic E-state index is 5.82. The Morgan fingerprint density at radius 1 is 1.28 bits per heavy atom. The van der Waals surface area contributed by atoms with Crippen molar-refractivity contribution in [2.75, 3.05) is 13.1 Å². The number of rotatable bonds is 6. The number of hydrogen-bond donors (Lipinski definition) is 2. The quantitative estimate of drug-likeness (QED) is 0.597. The van der Waals surface area contributed by atoms with E-state index in [1.54, 1.807) is 0 Å². The third kappa shape index (κ3) is 4.40. The summed E-state index contributed by atoms with van der Waals surface area (Å²) >= 11 is 0. The van der Waals surface area contributed by atoms with Crippen LogP contribution in [0.1, 0.15) is 31.2 Å². The molecule has 0 saturated heterocycles. The van der Waals surface area contributed by atoms with Gasteiger partial charge in [0.1, 0.15) is 0 Å². The Kier molecular flexibility index (Phi) is 5.06. The van der Waals surface area contributed by atoms with Gasteiger partial charge in [-0.1, -0.05) is 49.6 Å². The predicted molar refractivity (Wildman–Crippen MR) is 76.6 cm³/mol. The second-order valence-corrected chi connectivity index (χ2v) is 5.01. The van der Waals surface area contributed by atoms with E-state index in [1.807, 2.05) is 6.07 Å². The van der Waals surface area contributed by atoms with Crippen LogP contribution in [0, 0.1) is 5.92 Å². The normalized spacial score (nSPS) is 16.3. The monoisotopic (exact) mass is 245 g/mol. The Morgan fingerprint density at radius 2 is 2.06 bits per heavy atom. The lowest BCUT2D eigenvalue weighted by atomic mass is 9.83. The first-order valence-electron chi connectivity index (χ1n) is 6.92. The summed E-state index contributed by atoms with van der Waals surface area (Å²) in [4.78, 5) is 4.36. The van der Waals surface area contributed by atoms with Gasteiger partial charge in [-0.05, 0) is 24.3 Å². The fourth-order valence-corrected chi connectivity index (χ4v) is 2.18. The molecule has 0 heterocycles. The van der Waals surface area contributed by atoms with E-state index in [1.165, 1.54) is 31.2 Å². The predicted octanol–water partition coefficient (Wildman–Crippen LogP) is 2.32. The van der Waals surface area contributed by atoms with Crippen molar-refractivity contribution in [3.8, 4) is 0 Å². The molecule has 0 aliphatic heterocycles. The highest BCUT2D eigenvalue weighted by atomic mass is 15.1. The molecule has 1 saturated carbocycles. The maximum absolute atomic E-state index is 5.82. The Bertz CT molecular complexity index is 369. The van der Waals surface area contributed by atoms with Crippen LogP contribution < -0.4 is 11.1 Å². The van der Waals surface area contributed by atoms with Crippen LogP contribution in [0.4, 0.5) is 0 Å². The number of hydrogen-bond acceptors (Lipinski definition) is 1. The van der Waals surface area contributed by atoms with Crippen molar-refractivity contribution in [3.05, 3.63) is 35.9 Å². The van der Waals surface area contributed by atoms with Gasteiger partial charge in [-0.25, -0.2) is 0 Å². The summed E-state index contributed by atoms with van der Waals surface area (Å²) < 4.78 is 0. The second kappa shape index (κ2) is 7.04. The minimum absolute atomic E-state index is 0.588. The molecular weight excluding hydrogens is 222 g/mol. The number of guanidine groups is 1. The summed E-state index contributed by atoms with van der Waals surface area (Å²) in [7, 11) is 0. The van der Waals surface area contributed by atoms with Crippen LogP contribution >= 0.6 is 0 Å². The highest BCUT2D eigenvalue weighted by molar-refractivity contribution is 5.77. The lowest BCUT2D eigenvalue weighted by Crippen LogP contribution is -2.33. The van der Waals surface area contributed by atoms with E-state index < -0.39 is 0 Å². The molecule has 0 bridgehead atoms.